The Morgan fingerprint density at radius 2 is 1.97 bits per heavy atom. The van der Waals surface area contributed by atoms with Gasteiger partial charge < -0.3 is 20.0 Å². The SMILES string of the molecule is N#C/C(=C/N1CCN(c2ccccc2F)CC1)C(=O)NCCCN1CCCC1=O. The summed E-state index contributed by atoms with van der Waals surface area (Å²) in [6.07, 6.45) is 3.75. The minimum atomic E-state index is -0.406. The van der Waals surface area contributed by atoms with Crippen LogP contribution in [0.15, 0.2) is 36.0 Å². The number of hydrogen-bond donors (Lipinski definition) is 1. The van der Waals surface area contributed by atoms with Gasteiger partial charge in [0.1, 0.15) is 17.5 Å². The number of piperazine rings is 1. The van der Waals surface area contributed by atoms with E-state index in [-0.39, 0.29) is 17.3 Å². The normalized spacial score (nSPS) is 17.4. The average Bonchev–Trinajstić information content (AvgIpc) is 3.15. The van der Waals surface area contributed by atoms with Crippen LogP contribution < -0.4 is 10.2 Å². The van der Waals surface area contributed by atoms with E-state index in [1.54, 1.807) is 18.3 Å². The average molecular weight is 399 g/mol. The van der Waals surface area contributed by atoms with Gasteiger partial charge >= 0.3 is 0 Å². The van der Waals surface area contributed by atoms with Gasteiger partial charge in [-0.05, 0) is 25.0 Å². The molecule has 2 amide bonds. The van der Waals surface area contributed by atoms with E-state index in [1.165, 1.54) is 6.07 Å². The van der Waals surface area contributed by atoms with Crippen LogP contribution in [0.3, 0.4) is 0 Å². The zero-order chi connectivity index (χ0) is 20.6. The molecule has 0 radical (unpaired) electrons. The summed E-state index contributed by atoms with van der Waals surface area (Å²) in [6, 6.07) is 8.63. The van der Waals surface area contributed by atoms with Crippen molar-refractivity contribution in [1.29, 1.82) is 5.26 Å². The summed E-state index contributed by atoms with van der Waals surface area (Å²) in [4.78, 5) is 29.5. The zero-order valence-corrected chi connectivity index (χ0v) is 16.4. The first kappa shape index (κ1) is 20.6. The number of anilines is 1. The molecular formula is C21H26FN5O2. The minimum absolute atomic E-state index is 0.0570. The number of para-hydroxylation sites is 1. The maximum Gasteiger partial charge on any atom is 0.263 e. The highest BCUT2D eigenvalue weighted by Crippen LogP contribution is 2.20. The van der Waals surface area contributed by atoms with E-state index in [2.05, 4.69) is 5.32 Å². The summed E-state index contributed by atoms with van der Waals surface area (Å²) in [5.41, 5.74) is 0.632. The zero-order valence-electron chi connectivity index (χ0n) is 16.4. The molecule has 2 aliphatic rings. The van der Waals surface area contributed by atoms with E-state index in [1.807, 2.05) is 26.8 Å². The number of benzene rings is 1. The van der Waals surface area contributed by atoms with Gasteiger partial charge in [0.15, 0.2) is 0 Å². The van der Waals surface area contributed by atoms with Crippen molar-refractivity contribution < 1.29 is 14.0 Å². The van der Waals surface area contributed by atoms with Gasteiger partial charge in [-0.25, -0.2) is 4.39 Å². The van der Waals surface area contributed by atoms with Gasteiger partial charge in [-0.15, -0.1) is 0 Å². The Morgan fingerprint density at radius 1 is 1.21 bits per heavy atom. The Kier molecular flexibility index (Phi) is 7.06. The predicted octanol–water partition coefficient (Wildman–Crippen LogP) is 1.48. The lowest BCUT2D eigenvalue weighted by atomic mass is 10.2. The smallest absolute Gasteiger partial charge is 0.263 e. The Hall–Kier alpha value is -3.08. The van der Waals surface area contributed by atoms with E-state index in [0.717, 1.165) is 13.0 Å². The van der Waals surface area contributed by atoms with Gasteiger partial charge in [0.05, 0.1) is 5.69 Å². The summed E-state index contributed by atoms with van der Waals surface area (Å²) in [6.45, 7) is 4.26. The van der Waals surface area contributed by atoms with Gasteiger partial charge in [0, 0.05) is 58.4 Å². The number of nitrogens with zero attached hydrogens (tertiary/aromatic N) is 4. The van der Waals surface area contributed by atoms with E-state index in [0.29, 0.717) is 57.8 Å². The first-order valence-corrected chi connectivity index (χ1v) is 10.00. The number of hydrogen-bond acceptors (Lipinski definition) is 5. The van der Waals surface area contributed by atoms with E-state index in [9.17, 15) is 19.2 Å². The van der Waals surface area contributed by atoms with E-state index < -0.39 is 5.91 Å². The molecule has 1 aromatic rings. The molecule has 0 aliphatic carbocycles. The molecule has 8 heteroatoms. The Bertz CT molecular complexity index is 812. The van der Waals surface area contributed by atoms with Crippen molar-refractivity contribution in [3.63, 3.8) is 0 Å². The molecule has 0 spiro atoms. The van der Waals surface area contributed by atoms with E-state index >= 15 is 0 Å². The fourth-order valence-corrected chi connectivity index (χ4v) is 3.63. The van der Waals surface area contributed by atoms with Crippen molar-refractivity contribution in [3.05, 3.63) is 41.9 Å². The van der Waals surface area contributed by atoms with Gasteiger partial charge in [0.25, 0.3) is 5.91 Å². The molecule has 0 aromatic heterocycles. The highest BCUT2D eigenvalue weighted by Gasteiger charge is 2.20. The fraction of sp³-hybridized carbons (Fsp3) is 0.476. The molecule has 2 fully saturated rings. The van der Waals surface area contributed by atoms with Crippen LogP contribution in [0.2, 0.25) is 0 Å². The van der Waals surface area contributed by atoms with Crippen LogP contribution >= 0.6 is 0 Å². The van der Waals surface area contributed by atoms with Gasteiger partial charge in [-0.1, -0.05) is 12.1 Å². The predicted molar refractivity (Wildman–Crippen MR) is 107 cm³/mol. The van der Waals surface area contributed by atoms with Crippen LogP contribution in [0.5, 0.6) is 0 Å². The third-order valence-corrected chi connectivity index (χ3v) is 5.25. The number of carbonyl (C=O) groups excluding carboxylic acids is 2. The molecule has 0 bridgehead atoms. The molecular weight excluding hydrogens is 373 g/mol. The Labute approximate surface area is 170 Å². The minimum Gasteiger partial charge on any atom is -0.373 e. The largest absolute Gasteiger partial charge is 0.373 e. The number of halogens is 1. The molecule has 2 heterocycles. The number of carbonyl (C=O) groups is 2. The molecule has 1 aromatic carbocycles. The number of rotatable bonds is 7. The fourth-order valence-electron chi connectivity index (χ4n) is 3.63. The number of nitriles is 1. The maximum atomic E-state index is 13.9. The quantitative estimate of drug-likeness (QED) is 0.427. The first-order valence-electron chi connectivity index (χ1n) is 10.00. The van der Waals surface area contributed by atoms with Gasteiger partial charge in [-0.2, -0.15) is 5.26 Å². The second-order valence-electron chi connectivity index (χ2n) is 7.22. The first-order chi connectivity index (χ1) is 14.1. The lowest BCUT2D eigenvalue weighted by Crippen LogP contribution is -2.44. The number of nitrogens with one attached hydrogen (secondary N) is 1. The summed E-state index contributed by atoms with van der Waals surface area (Å²) < 4.78 is 13.9. The summed E-state index contributed by atoms with van der Waals surface area (Å²) in [7, 11) is 0. The second-order valence-corrected chi connectivity index (χ2v) is 7.22. The van der Waals surface area contributed by atoms with Crippen molar-refractivity contribution in [2.75, 3.05) is 50.7 Å². The van der Waals surface area contributed by atoms with Gasteiger partial charge in [0.2, 0.25) is 5.91 Å². The van der Waals surface area contributed by atoms with Crippen LogP contribution in [0.1, 0.15) is 19.3 Å². The van der Waals surface area contributed by atoms with Gasteiger partial charge in [-0.3, -0.25) is 9.59 Å². The van der Waals surface area contributed by atoms with Crippen LogP contribution in [0, 0.1) is 17.1 Å². The van der Waals surface area contributed by atoms with Crippen molar-refractivity contribution in [3.8, 4) is 6.07 Å². The van der Waals surface area contributed by atoms with Crippen molar-refractivity contribution >= 4 is 17.5 Å². The van der Waals surface area contributed by atoms with Crippen LogP contribution in [-0.4, -0.2) is 67.4 Å². The summed E-state index contributed by atoms with van der Waals surface area (Å²) in [5, 5.41) is 12.1. The standard InChI is InChI=1S/C21H26FN5O2/c22-18-5-1-2-6-19(18)26-13-11-25(12-14-26)16-17(15-23)21(29)24-8-4-10-27-9-3-7-20(27)28/h1-2,5-6,16H,3-4,7-14H2,(H,24,29)/b17-16-. The summed E-state index contributed by atoms with van der Waals surface area (Å²) >= 11 is 0. The summed E-state index contributed by atoms with van der Waals surface area (Å²) in [5.74, 6) is -0.482. The van der Waals surface area contributed by atoms with E-state index in [4.69, 9.17) is 0 Å². The Balaban J connectivity index is 1.44. The third-order valence-electron chi connectivity index (χ3n) is 5.25. The molecule has 1 N–H and O–H groups in total. The molecule has 2 saturated heterocycles. The monoisotopic (exact) mass is 399 g/mol. The molecule has 0 atom stereocenters. The molecule has 2 aliphatic heterocycles. The molecule has 7 nitrogen and oxygen atoms in total. The lowest BCUT2D eigenvalue weighted by Gasteiger charge is -2.35. The highest BCUT2D eigenvalue weighted by atomic mass is 19.1. The molecule has 3 rings (SSSR count). The number of likely N-dealkylation sites (tertiary alicyclic amines) is 1. The number of amides is 2. The van der Waals surface area contributed by atoms with Crippen LogP contribution in [0.25, 0.3) is 0 Å². The maximum absolute atomic E-state index is 13.9. The van der Waals surface area contributed by atoms with Crippen LogP contribution in [-0.2, 0) is 9.59 Å². The molecule has 154 valence electrons. The highest BCUT2D eigenvalue weighted by molar-refractivity contribution is 5.97. The molecule has 0 saturated carbocycles. The van der Waals surface area contributed by atoms with Crippen molar-refractivity contribution in [2.24, 2.45) is 0 Å². The third kappa shape index (κ3) is 5.47. The second kappa shape index (κ2) is 9.92. The van der Waals surface area contributed by atoms with Crippen LogP contribution in [0.4, 0.5) is 10.1 Å². The molecule has 29 heavy (non-hydrogen) atoms. The molecule has 0 unspecified atom stereocenters. The topological polar surface area (TPSA) is 79.7 Å². The lowest BCUT2D eigenvalue weighted by molar-refractivity contribution is -0.127. The van der Waals surface area contributed by atoms with Crippen molar-refractivity contribution in [1.82, 2.24) is 15.1 Å². The van der Waals surface area contributed by atoms with Crippen molar-refractivity contribution in [2.45, 2.75) is 19.3 Å². The Morgan fingerprint density at radius 3 is 2.62 bits per heavy atom.